The van der Waals surface area contributed by atoms with Crippen LogP contribution in [0.4, 0.5) is 5.82 Å². The number of piperidine rings is 1. The number of fused-ring (bicyclic) bond motifs is 1. The van der Waals surface area contributed by atoms with Crippen LogP contribution in [-0.4, -0.2) is 61.8 Å². The van der Waals surface area contributed by atoms with Crippen LogP contribution in [0, 0.1) is 6.92 Å². The van der Waals surface area contributed by atoms with Gasteiger partial charge in [0.05, 0.1) is 23.3 Å². The lowest BCUT2D eigenvalue weighted by atomic mass is 10.1. The number of aromatic nitrogens is 5. The predicted molar refractivity (Wildman–Crippen MR) is 132 cm³/mol. The zero-order valence-electron chi connectivity index (χ0n) is 19.6. The Morgan fingerprint density at radius 3 is 2.60 bits per heavy atom. The average Bonchev–Trinajstić information content (AvgIpc) is 3.34. The number of hydrogen-bond acceptors (Lipinski definition) is 7. The summed E-state index contributed by atoms with van der Waals surface area (Å²) in [6.45, 7) is 3.83. The molecule has 35 heavy (non-hydrogen) atoms. The van der Waals surface area contributed by atoms with E-state index in [1.54, 1.807) is 19.1 Å². The summed E-state index contributed by atoms with van der Waals surface area (Å²) in [5.74, 6) is -0.721. The molecule has 10 heteroatoms. The van der Waals surface area contributed by atoms with Gasteiger partial charge in [0.1, 0.15) is 5.69 Å². The van der Waals surface area contributed by atoms with Crippen molar-refractivity contribution in [3.63, 3.8) is 0 Å². The van der Waals surface area contributed by atoms with Gasteiger partial charge in [-0.3, -0.25) is 14.3 Å². The van der Waals surface area contributed by atoms with Gasteiger partial charge in [-0.1, -0.05) is 6.07 Å². The van der Waals surface area contributed by atoms with E-state index in [1.165, 1.54) is 6.20 Å². The molecule has 0 radical (unpaired) electrons. The van der Waals surface area contributed by atoms with Gasteiger partial charge in [-0.25, -0.2) is 4.98 Å². The fraction of sp³-hybridized carbons (Fsp3) is 0.280. The van der Waals surface area contributed by atoms with Crippen molar-refractivity contribution in [2.45, 2.75) is 25.8 Å². The quantitative estimate of drug-likeness (QED) is 0.458. The molecular formula is C25H26N8O2. The second kappa shape index (κ2) is 9.22. The van der Waals surface area contributed by atoms with E-state index in [4.69, 9.17) is 5.73 Å². The Morgan fingerprint density at radius 2 is 1.86 bits per heavy atom. The lowest BCUT2D eigenvalue weighted by Gasteiger charge is -2.28. The van der Waals surface area contributed by atoms with Gasteiger partial charge in [-0.2, -0.15) is 5.10 Å². The first kappa shape index (κ1) is 22.6. The number of nitrogens with zero attached hydrogens (tertiary/aromatic N) is 6. The second-order valence-corrected chi connectivity index (χ2v) is 8.95. The molecule has 5 rings (SSSR count). The summed E-state index contributed by atoms with van der Waals surface area (Å²) in [5, 5.41) is 16.6. The molecule has 2 amide bonds. The number of amides is 2. The molecule has 1 aliphatic rings. The Bertz CT molecular complexity index is 1420. The number of anilines is 1. The third-order valence-electron chi connectivity index (χ3n) is 6.40. The molecule has 0 saturated carbocycles. The SMILES string of the molecule is Cc1cc(C(=O)Nc2cc3cc(-c4cnn(C5CCN(C)CC5)c4)ccc3nn2)cnc1C(N)=O. The molecular weight excluding hydrogens is 444 g/mol. The van der Waals surface area contributed by atoms with Crippen molar-refractivity contribution in [3.05, 3.63) is 65.7 Å². The highest BCUT2D eigenvalue weighted by atomic mass is 16.2. The van der Waals surface area contributed by atoms with Crippen molar-refractivity contribution < 1.29 is 9.59 Å². The zero-order valence-corrected chi connectivity index (χ0v) is 19.6. The van der Waals surface area contributed by atoms with E-state index in [-0.39, 0.29) is 5.69 Å². The summed E-state index contributed by atoms with van der Waals surface area (Å²) in [6, 6.07) is 9.69. The van der Waals surface area contributed by atoms with E-state index in [2.05, 4.69) is 48.4 Å². The smallest absolute Gasteiger partial charge is 0.267 e. The third-order valence-corrected chi connectivity index (χ3v) is 6.40. The number of benzene rings is 1. The van der Waals surface area contributed by atoms with Crippen LogP contribution in [-0.2, 0) is 0 Å². The summed E-state index contributed by atoms with van der Waals surface area (Å²) >= 11 is 0. The first-order valence-electron chi connectivity index (χ1n) is 11.5. The van der Waals surface area contributed by atoms with Gasteiger partial charge in [0.15, 0.2) is 5.82 Å². The Kier molecular flexibility index (Phi) is 5.96. The van der Waals surface area contributed by atoms with Crippen molar-refractivity contribution in [2.24, 2.45) is 5.73 Å². The maximum atomic E-state index is 12.7. The highest BCUT2D eigenvalue weighted by molar-refractivity contribution is 6.05. The molecule has 1 aliphatic heterocycles. The molecule has 0 aliphatic carbocycles. The van der Waals surface area contributed by atoms with E-state index < -0.39 is 11.8 Å². The summed E-state index contributed by atoms with van der Waals surface area (Å²) in [5.41, 5.74) is 9.02. The van der Waals surface area contributed by atoms with E-state index in [1.807, 2.05) is 24.4 Å². The molecule has 10 nitrogen and oxygen atoms in total. The number of nitrogens with two attached hydrogens (primary N) is 1. The Morgan fingerprint density at radius 1 is 1.06 bits per heavy atom. The maximum Gasteiger partial charge on any atom is 0.267 e. The number of carbonyl (C=O) groups excluding carboxylic acids is 2. The number of carbonyl (C=O) groups is 2. The normalized spacial score (nSPS) is 14.8. The Labute approximate surface area is 202 Å². The third kappa shape index (κ3) is 4.73. The standard InChI is InChI=1S/C25H26N8O2/c1-15-9-18(12-27-23(15)24(26)34)25(35)29-22-11-17-10-16(3-4-21(17)30-31-22)19-13-28-33(14-19)20-5-7-32(2)8-6-20/h3-4,9-14,20H,5-8H2,1-2H3,(H2,26,34)(H,29,31,35). The number of primary amides is 1. The molecule has 0 unspecified atom stereocenters. The van der Waals surface area contributed by atoms with Crippen LogP contribution in [0.1, 0.15) is 45.3 Å². The summed E-state index contributed by atoms with van der Waals surface area (Å²) in [7, 11) is 2.15. The summed E-state index contributed by atoms with van der Waals surface area (Å²) < 4.78 is 2.07. The van der Waals surface area contributed by atoms with Gasteiger partial charge < -0.3 is 16.0 Å². The maximum absolute atomic E-state index is 12.7. The van der Waals surface area contributed by atoms with Crippen molar-refractivity contribution in [3.8, 4) is 11.1 Å². The molecule has 3 aromatic heterocycles. The molecule has 4 aromatic rings. The lowest BCUT2D eigenvalue weighted by molar-refractivity contribution is 0.0989. The predicted octanol–water partition coefficient (Wildman–Crippen LogP) is 2.81. The van der Waals surface area contributed by atoms with Gasteiger partial charge in [0.25, 0.3) is 11.8 Å². The minimum absolute atomic E-state index is 0.138. The van der Waals surface area contributed by atoms with Crippen LogP contribution < -0.4 is 11.1 Å². The zero-order chi connectivity index (χ0) is 24.5. The second-order valence-electron chi connectivity index (χ2n) is 8.95. The Hall–Kier alpha value is -4.18. The number of aryl methyl sites for hydroxylation is 1. The molecule has 4 heterocycles. The van der Waals surface area contributed by atoms with Crippen molar-refractivity contribution in [1.29, 1.82) is 0 Å². The summed E-state index contributed by atoms with van der Waals surface area (Å²) in [4.78, 5) is 30.4. The number of hydrogen-bond donors (Lipinski definition) is 2. The van der Waals surface area contributed by atoms with Crippen molar-refractivity contribution in [2.75, 3.05) is 25.5 Å². The van der Waals surface area contributed by atoms with Crippen LogP contribution in [0.2, 0.25) is 0 Å². The molecule has 0 spiro atoms. The Balaban J connectivity index is 1.35. The summed E-state index contributed by atoms with van der Waals surface area (Å²) in [6.07, 6.45) is 7.49. The fourth-order valence-electron chi connectivity index (χ4n) is 4.38. The largest absolute Gasteiger partial charge is 0.364 e. The number of nitrogens with one attached hydrogen (secondary N) is 1. The van der Waals surface area contributed by atoms with Crippen molar-refractivity contribution >= 4 is 28.5 Å². The molecule has 1 saturated heterocycles. The lowest BCUT2D eigenvalue weighted by Crippen LogP contribution is -2.31. The average molecular weight is 471 g/mol. The van der Waals surface area contributed by atoms with Crippen LogP contribution in [0.25, 0.3) is 22.0 Å². The molecule has 0 bridgehead atoms. The minimum atomic E-state index is -0.637. The highest BCUT2D eigenvalue weighted by Gasteiger charge is 2.19. The van der Waals surface area contributed by atoms with Gasteiger partial charge in [-0.05, 0) is 75.3 Å². The molecule has 178 valence electrons. The van der Waals surface area contributed by atoms with Crippen molar-refractivity contribution in [1.82, 2.24) is 29.9 Å². The van der Waals surface area contributed by atoms with E-state index in [0.29, 0.717) is 23.0 Å². The van der Waals surface area contributed by atoms with Crippen LogP contribution in [0.5, 0.6) is 0 Å². The van der Waals surface area contributed by atoms with E-state index >= 15 is 0 Å². The molecule has 3 N–H and O–H groups in total. The van der Waals surface area contributed by atoms with Crippen LogP contribution in [0.3, 0.4) is 0 Å². The van der Waals surface area contributed by atoms with Crippen LogP contribution >= 0.6 is 0 Å². The number of rotatable bonds is 5. The molecule has 1 fully saturated rings. The number of likely N-dealkylation sites (tertiary alicyclic amines) is 1. The van der Waals surface area contributed by atoms with Gasteiger partial charge in [0, 0.05) is 23.3 Å². The fourth-order valence-corrected chi connectivity index (χ4v) is 4.38. The highest BCUT2D eigenvalue weighted by Crippen LogP contribution is 2.27. The minimum Gasteiger partial charge on any atom is -0.364 e. The van der Waals surface area contributed by atoms with Gasteiger partial charge >= 0.3 is 0 Å². The van der Waals surface area contributed by atoms with Gasteiger partial charge in [-0.15, -0.1) is 10.2 Å². The first-order valence-corrected chi connectivity index (χ1v) is 11.5. The molecule has 0 atom stereocenters. The van der Waals surface area contributed by atoms with Gasteiger partial charge in [0.2, 0.25) is 0 Å². The topological polar surface area (TPSA) is 132 Å². The first-order chi connectivity index (χ1) is 16.9. The van der Waals surface area contributed by atoms with E-state index in [0.717, 1.165) is 48.0 Å². The van der Waals surface area contributed by atoms with Crippen LogP contribution in [0.15, 0.2) is 48.9 Å². The van der Waals surface area contributed by atoms with E-state index in [9.17, 15) is 9.59 Å². The number of pyridine rings is 1. The molecule has 1 aromatic carbocycles. The monoisotopic (exact) mass is 470 g/mol.